The summed E-state index contributed by atoms with van der Waals surface area (Å²) in [5.74, 6) is 0.758. The molecule has 0 aliphatic carbocycles. The Kier molecular flexibility index (Phi) is 8.91. The minimum Gasteiger partial charge on any atom is -0.494 e. The van der Waals surface area contributed by atoms with Crippen molar-refractivity contribution in [3.63, 3.8) is 0 Å². The SMILES string of the molecule is CCCCCCOc1ccc(C[C@@](N)(CO)COP(=O)(O)O)cc1. The molecule has 0 radical (unpaired) electrons. The minimum absolute atomic E-state index is 0.222. The summed E-state index contributed by atoms with van der Waals surface area (Å²) in [5.41, 5.74) is 5.51. The van der Waals surface area contributed by atoms with Crippen LogP contribution in [-0.2, 0) is 15.5 Å². The van der Waals surface area contributed by atoms with Gasteiger partial charge in [0.25, 0.3) is 0 Å². The molecule has 0 saturated heterocycles. The van der Waals surface area contributed by atoms with E-state index in [1.165, 1.54) is 12.8 Å². The van der Waals surface area contributed by atoms with E-state index in [1.807, 2.05) is 24.3 Å². The largest absolute Gasteiger partial charge is 0.494 e. The zero-order valence-electron chi connectivity index (χ0n) is 14.1. The van der Waals surface area contributed by atoms with Gasteiger partial charge in [-0.25, -0.2) is 4.57 Å². The predicted octanol–water partition coefficient (Wildman–Crippen LogP) is 1.99. The van der Waals surface area contributed by atoms with Crippen LogP contribution in [0.3, 0.4) is 0 Å². The fraction of sp³-hybridized carbons (Fsp3) is 0.625. The van der Waals surface area contributed by atoms with Crippen LogP contribution in [0, 0.1) is 0 Å². The number of phosphoric acid groups is 1. The average Bonchev–Trinajstić information content (AvgIpc) is 2.54. The van der Waals surface area contributed by atoms with Crippen molar-refractivity contribution < 1.29 is 28.7 Å². The maximum Gasteiger partial charge on any atom is 0.469 e. The van der Waals surface area contributed by atoms with Crippen LogP contribution in [0.1, 0.15) is 38.2 Å². The van der Waals surface area contributed by atoms with E-state index in [1.54, 1.807) is 0 Å². The van der Waals surface area contributed by atoms with E-state index in [0.29, 0.717) is 6.61 Å². The summed E-state index contributed by atoms with van der Waals surface area (Å²) in [4.78, 5) is 17.5. The van der Waals surface area contributed by atoms with E-state index in [-0.39, 0.29) is 6.42 Å². The van der Waals surface area contributed by atoms with E-state index in [9.17, 15) is 9.67 Å². The lowest BCUT2D eigenvalue weighted by Gasteiger charge is -2.27. The fourth-order valence-electron chi connectivity index (χ4n) is 2.19. The van der Waals surface area contributed by atoms with E-state index < -0.39 is 26.6 Å². The second-order valence-electron chi connectivity index (χ2n) is 6.01. The van der Waals surface area contributed by atoms with Gasteiger partial charge < -0.3 is 25.4 Å². The molecule has 0 bridgehead atoms. The van der Waals surface area contributed by atoms with Gasteiger partial charge in [0.15, 0.2) is 0 Å². The highest BCUT2D eigenvalue weighted by molar-refractivity contribution is 7.46. The Hall–Kier alpha value is -0.950. The summed E-state index contributed by atoms with van der Waals surface area (Å²) in [6, 6.07) is 7.26. The van der Waals surface area contributed by atoms with Gasteiger partial charge >= 0.3 is 7.82 Å². The van der Waals surface area contributed by atoms with Crippen molar-refractivity contribution in [2.45, 2.75) is 44.6 Å². The van der Waals surface area contributed by atoms with Crippen LogP contribution in [0.5, 0.6) is 5.75 Å². The Bertz CT molecular complexity index is 518. The Balaban J connectivity index is 2.50. The maximum absolute atomic E-state index is 10.8. The first-order chi connectivity index (χ1) is 11.3. The van der Waals surface area contributed by atoms with Crippen molar-refractivity contribution in [1.29, 1.82) is 0 Å². The zero-order valence-corrected chi connectivity index (χ0v) is 15.0. The molecular weight excluding hydrogens is 333 g/mol. The molecule has 0 amide bonds. The lowest BCUT2D eigenvalue weighted by atomic mass is 9.93. The number of aliphatic hydroxyl groups excluding tert-OH is 1. The summed E-state index contributed by atoms with van der Waals surface area (Å²) < 4.78 is 20.8. The van der Waals surface area contributed by atoms with Gasteiger partial charge in [0.2, 0.25) is 0 Å². The third kappa shape index (κ3) is 8.78. The second-order valence-corrected chi connectivity index (χ2v) is 7.25. The molecule has 7 nitrogen and oxygen atoms in total. The zero-order chi connectivity index (χ0) is 18.1. The first-order valence-corrected chi connectivity index (χ1v) is 9.62. The molecule has 0 aliphatic heterocycles. The Morgan fingerprint density at radius 3 is 2.38 bits per heavy atom. The lowest BCUT2D eigenvalue weighted by molar-refractivity contribution is 0.107. The average molecular weight is 361 g/mol. The molecule has 8 heteroatoms. The van der Waals surface area contributed by atoms with Gasteiger partial charge in [-0.05, 0) is 30.5 Å². The Morgan fingerprint density at radius 1 is 1.17 bits per heavy atom. The number of phosphoric ester groups is 1. The quantitative estimate of drug-likeness (QED) is 0.332. The van der Waals surface area contributed by atoms with Crippen LogP contribution < -0.4 is 10.5 Å². The summed E-state index contributed by atoms with van der Waals surface area (Å²) in [6.45, 7) is 1.94. The highest BCUT2D eigenvalue weighted by Crippen LogP contribution is 2.36. The van der Waals surface area contributed by atoms with Gasteiger partial charge in [-0.1, -0.05) is 38.3 Å². The number of hydrogen-bond acceptors (Lipinski definition) is 5. The molecule has 1 aromatic carbocycles. The van der Waals surface area contributed by atoms with Crippen LogP contribution in [0.15, 0.2) is 24.3 Å². The monoisotopic (exact) mass is 361 g/mol. The molecule has 138 valence electrons. The van der Waals surface area contributed by atoms with Gasteiger partial charge in [0.05, 0.1) is 25.4 Å². The smallest absolute Gasteiger partial charge is 0.469 e. The third-order valence-electron chi connectivity index (χ3n) is 3.58. The summed E-state index contributed by atoms with van der Waals surface area (Å²) in [7, 11) is -4.62. The highest BCUT2D eigenvalue weighted by atomic mass is 31.2. The van der Waals surface area contributed by atoms with Crippen molar-refractivity contribution >= 4 is 7.82 Å². The Labute approximate surface area is 143 Å². The standard InChI is InChI=1S/C16H28NO6P/c1-2-3-4-5-10-22-15-8-6-14(7-9-15)11-16(17,12-18)13-23-24(19,20)21/h6-9,18H,2-5,10-13,17H2,1H3,(H2,19,20,21)/t16-/m1/s1. The molecule has 1 rings (SSSR count). The molecular formula is C16H28NO6P. The number of unbranched alkanes of at least 4 members (excludes halogenated alkanes) is 3. The molecule has 0 heterocycles. The maximum atomic E-state index is 10.8. The first kappa shape index (κ1) is 21.1. The normalized spacial score (nSPS) is 14.4. The fourth-order valence-corrected chi connectivity index (χ4v) is 2.62. The number of nitrogens with two attached hydrogens (primary N) is 1. The number of hydrogen-bond donors (Lipinski definition) is 4. The van der Waals surface area contributed by atoms with Crippen molar-refractivity contribution in [2.24, 2.45) is 5.73 Å². The van der Waals surface area contributed by atoms with E-state index >= 15 is 0 Å². The number of rotatable bonds is 12. The van der Waals surface area contributed by atoms with Crippen LogP contribution in [0.2, 0.25) is 0 Å². The van der Waals surface area contributed by atoms with Crippen molar-refractivity contribution in [2.75, 3.05) is 19.8 Å². The van der Waals surface area contributed by atoms with Gasteiger partial charge in [-0.3, -0.25) is 4.52 Å². The minimum atomic E-state index is -4.62. The summed E-state index contributed by atoms with van der Waals surface area (Å²) in [5, 5.41) is 9.40. The predicted molar refractivity (Wildman–Crippen MR) is 91.8 cm³/mol. The molecule has 1 aromatic rings. The van der Waals surface area contributed by atoms with Crippen molar-refractivity contribution in [3.8, 4) is 5.75 Å². The van der Waals surface area contributed by atoms with Gasteiger partial charge in [0, 0.05) is 0 Å². The third-order valence-corrected chi connectivity index (χ3v) is 4.05. The summed E-state index contributed by atoms with van der Waals surface area (Å²) >= 11 is 0. The topological polar surface area (TPSA) is 122 Å². The number of aliphatic hydroxyl groups is 1. The molecule has 1 atom stereocenters. The first-order valence-electron chi connectivity index (χ1n) is 8.09. The van der Waals surface area contributed by atoms with Crippen LogP contribution >= 0.6 is 7.82 Å². The van der Waals surface area contributed by atoms with Gasteiger partial charge in [0.1, 0.15) is 5.75 Å². The van der Waals surface area contributed by atoms with Gasteiger partial charge in [-0.15, -0.1) is 0 Å². The molecule has 0 unspecified atom stereocenters. The number of benzene rings is 1. The molecule has 5 N–H and O–H groups in total. The molecule has 0 aliphatic rings. The molecule has 0 aromatic heterocycles. The second kappa shape index (κ2) is 10.1. The van der Waals surface area contributed by atoms with Crippen LogP contribution in [0.4, 0.5) is 0 Å². The molecule has 24 heavy (non-hydrogen) atoms. The molecule has 0 saturated carbocycles. The lowest BCUT2D eigenvalue weighted by Crippen LogP contribution is -2.49. The molecule has 0 fully saturated rings. The van der Waals surface area contributed by atoms with Crippen LogP contribution in [-0.4, -0.2) is 40.3 Å². The highest BCUT2D eigenvalue weighted by Gasteiger charge is 2.29. The van der Waals surface area contributed by atoms with E-state index in [4.69, 9.17) is 20.3 Å². The Morgan fingerprint density at radius 2 is 1.83 bits per heavy atom. The van der Waals surface area contributed by atoms with E-state index in [2.05, 4.69) is 11.4 Å². The van der Waals surface area contributed by atoms with Gasteiger partial charge in [-0.2, -0.15) is 0 Å². The number of ether oxygens (including phenoxy) is 1. The van der Waals surface area contributed by atoms with Crippen molar-refractivity contribution in [3.05, 3.63) is 29.8 Å². The van der Waals surface area contributed by atoms with Crippen molar-refractivity contribution in [1.82, 2.24) is 0 Å². The molecule has 0 spiro atoms. The van der Waals surface area contributed by atoms with Crippen LogP contribution in [0.25, 0.3) is 0 Å². The van der Waals surface area contributed by atoms with E-state index in [0.717, 1.165) is 24.2 Å². The summed E-state index contributed by atoms with van der Waals surface area (Å²) in [6.07, 6.45) is 4.79.